The molecular weight excluding hydrogens is 148 g/mol. The van der Waals surface area contributed by atoms with Gasteiger partial charge in [-0.3, -0.25) is 0 Å². The second-order valence-corrected chi connectivity index (χ2v) is 3.54. The van der Waals surface area contributed by atoms with E-state index in [-0.39, 0.29) is 0 Å². The predicted octanol–water partition coefficient (Wildman–Crippen LogP) is 1.49. The van der Waals surface area contributed by atoms with E-state index in [0.29, 0.717) is 6.04 Å². The van der Waals surface area contributed by atoms with Crippen molar-refractivity contribution in [2.45, 2.75) is 25.8 Å². The van der Waals surface area contributed by atoms with Crippen molar-refractivity contribution >= 4 is 0 Å². The van der Waals surface area contributed by atoms with Crippen LogP contribution in [0.2, 0.25) is 0 Å². The van der Waals surface area contributed by atoms with Crippen molar-refractivity contribution in [1.82, 2.24) is 10.2 Å². The zero-order valence-corrected chi connectivity index (χ0v) is 8.64. The Morgan fingerprint density at radius 1 is 1.50 bits per heavy atom. The molecule has 0 radical (unpaired) electrons. The standard InChI is InChI=1S/C10H22N2/c1-5-7-10(2)11-8-6-9-12(3)4/h5,10-11H,1,6-9H2,2-4H3. The van der Waals surface area contributed by atoms with Gasteiger partial charge in [-0.25, -0.2) is 0 Å². The Kier molecular flexibility index (Phi) is 7.11. The minimum Gasteiger partial charge on any atom is -0.314 e. The lowest BCUT2D eigenvalue weighted by Crippen LogP contribution is -2.28. The average Bonchev–Trinajstić information content (AvgIpc) is 1.98. The van der Waals surface area contributed by atoms with Gasteiger partial charge in [-0.15, -0.1) is 6.58 Å². The van der Waals surface area contributed by atoms with Crippen LogP contribution in [0.3, 0.4) is 0 Å². The summed E-state index contributed by atoms with van der Waals surface area (Å²) in [7, 11) is 4.21. The molecule has 1 unspecified atom stereocenters. The third-order valence-electron chi connectivity index (χ3n) is 1.80. The average molecular weight is 170 g/mol. The van der Waals surface area contributed by atoms with Crippen LogP contribution in [0.4, 0.5) is 0 Å². The minimum atomic E-state index is 0.574. The van der Waals surface area contributed by atoms with Crippen molar-refractivity contribution in [3.05, 3.63) is 12.7 Å². The lowest BCUT2D eigenvalue weighted by molar-refractivity contribution is 0.388. The number of hydrogen-bond donors (Lipinski definition) is 1. The molecule has 1 N–H and O–H groups in total. The molecule has 0 fully saturated rings. The molecule has 0 rings (SSSR count). The van der Waals surface area contributed by atoms with Crippen molar-refractivity contribution in [3.8, 4) is 0 Å². The molecule has 1 atom stereocenters. The second kappa shape index (κ2) is 7.32. The topological polar surface area (TPSA) is 15.3 Å². The van der Waals surface area contributed by atoms with E-state index in [1.165, 1.54) is 6.42 Å². The van der Waals surface area contributed by atoms with Crippen LogP contribution in [-0.2, 0) is 0 Å². The first-order valence-electron chi connectivity index (χ1n) is 4.65. The first kappa shape index (κ1) is 11.7. The molecule has 0 spiro atoms. The zero-order chi connectivity index (χ0) is 9.40. The van der Waals surface area contributed by atoms with Crippen molar-refractivity contribution in [2.75, 3.05) is 27.2 Å². The Bertz CT molecular complexity index is 110. The van der Waals surface area contributed by atoms with Gasteiger partial charge < -0.3 is 10.2 Å². The Morgan fingerprint density at radius 2 is 2.17 bits per heavy atom. The highest BCUT2D eigenvalue weighted by molar-refractivity contribution is 4.74. The molecule has 0 aromatic carbocycles. The van der Waals surface area contributed by atoms with Crippen LogP contribution < -0.4 is 5.32 Å². The molecule has 12 heavy (non-hydrogen) atoms. The molecule has 0 heterocycles. The van der Waals surface area contributed by atoms with Gasteiger partial charge in [0.25, 0.3) is 0 Å². The molecule has 0 aliphatic rings. The zero-order valence-electron chi connectivity index (χ0n) is 8.64. The number of nitrogens with zero attached hydrogens (tertiary/aromatic N) is 1. The first-order valence-corrected chi connectivity index (χ1v) is 4.65. The smallest absolute Gasteiger partial charge is 0.00731 e. The number of nitrogens with one attached hydrogen (secondary N) is 1. The summed E-state index contributed by atoms with van der Waals surface area (Å²) in [5.74, 6) is 0. The number of hydrogen-bond acceptors (Lipinski definition) is 2. The van der Waals surface area contributed by atoms with Crippen LogP contribution in [0, 0.1) is 0 Å². The molecule has 72 valence electrons. The lowest BCUT2D eigenvalue weighted by Gasteiger charge is -2.13. The summed E-state index contributed by atoms with van der Waals surface area (Å²) in [4.78, 5) is 2.21. The van der Waals surface area contributed by atoms with E-state index in [0.717, 1.165) is 19.5 Å². The summed E-state index contributed by atoms with van der Waals surface area (Å²) < 4.78 is 0. The van der Waals surface area contributed by atoms with E-state index in [2.05, 4.69) is 37.8 Å². The van der Waals surface area contributed by atoms with Crippen LogP contribution in [0.1, 0.15) is 19.8 Å². The van der Waals surface area contributed by atoms with Gasteiger partial charge in [0.2, 0.25) is 0 Å². The van der Waals surface area contributed by atoms with Crippen molar-refractivity contribution in [3.63, 3.8) is 0 Å². The molecule has 0 amide bonds. The van der Waals surface area contributed by atoms with Gasteiger partial charge in [-0.2, -0.15) is 0 Å². The summed E-state index contributed by atoms with van der Waals surface area (Å²) in [5, 5.41) is 3.44. The monoisotopic (exact) mass is 170 g/mol. The summed E-state index contributed by atoms with van der Waals surface area (Å²) >= 11 is 0. The highest BCUT2D eigenvalue weighted by atomic mass is 15.1. The van der Waals surface area contributed by atoms with E-state index in [4.69, 9.17) is 0 Å². The van der Waals surface area contributed by atoms with Gasteiger partial charge >= 0.3 is 0 Å². The van der Waals surface area contributed by atoms with Gasteiger partial charge in [0.05, 0.1) is 0 Å². The fourth-order valence-electron chi connectivity index (χ4n) is 1.08. The molecule has 0 aliphatic heterocycles. The Balaban J connectivity index is 3.13. The summed E-state index contributed by atoms with van der Waals surface area (Å²) in [6.07, 6.45) is 4.24. The summed E-state index contributed by atoms with van der Waals surface area (Å²) in [6, 6.07) is 0.574. The highest BCUT2D eigenvalue weighted by Gasteiger charge is 1.96. The van der Waals surface area contributed by atoms with E-state index >= 15 is 0 Å². The number of rotatable bonds is 7. The molecule has 0 saturated carbocycles. The van der Waals surface area contributed by atoms with Gasteiger partial charge in [0, 0.05) is 6.04 Å². The predicted molar refractivity (Wildman–Crippen MR) is 55.4 cm³/mol. The lowest BCUT2D eigenvalue weighted by atomic mass is 10.2. The maximum absolute atomic E-state index is 3.71. The van der Waals surface area contributed by atoms with Crippen LogP contribution in [0.25, 0.3) is 0 Å². The van der Waals surface area contributed by atoms with E-state index in [1.54, 1.807) is 0 Å². The highest BCUT2D eigenvalue weighted by Crippen LogP contribution is 1.90. The van der Waals surface area contributed by atoms with Crippen LogP contribution in [-0.4, -0.2) is 38.1 Å². The molecule has 0 bridgehead atoms. The van der Waals surface area contributed by atoms with Gasteiger partial charge in [-0.05, 0) is 47.0 Å². The Morgan fingerprint density at radius 3 is 2.67 bits per heavy atom. The maximum Gasteiger partial charge on any atom is 0.00731 e. The Labute approximate surface area is 76.6 Å². The molecule has 0 aromatic heterocycles. The third kappa shape index (κ3) is 7.76. The molecule has 0 saturated heterocycles. The van der Waals surface area contributed by atoms with E-state index in [1.807, 2.05) is 6.08 Å². The molecular formula is C10H22N2. The van der Waals surface area contributed by atoms with E-state index in [9.17, 15) is 0 Å². The fourth-order valence-corrected chi connectivity index (χ4v) is 1.08. The van der Waals surface area contributed by atoms with Crippen molar-refractivity contribution in [1.29, 1.82) is 0 Å². The molecule has 2 nitrogen and oxygen atoms in total. The quantitative estimate of drug-likeness (QED) is 0.460. The molecule has 2 heteroatoms. The minimum absolute atomic E-state index is 0.574. The second-order valence-electron chi connectivity index (χ2n) is 3.54. The fraction of sp³-hybridized carbons (Fsp3) is 0.800. The van der Waals surface area contributed by atoms with Crippen LogP contribution in [0.5, 0.6) is 0 Å². The third-order valence-corrected chi connectivity index (χ3v) is 1.80. The van der Waals surface area contributed by atoms with Gasteiger partial charge in [-0.1, -0.05) is 6.08 Å². The maximum atomic E-state index is 3.71. The van der Waals surface area contributed by atoms with Crippen LogP contribution >= 0.6 is 0 Å². The summed E-state index contributed by atoms with van der Waals surface area (Å²) in [5.41, 5.74) is 0. The van der Waals surface area contributed by atoms with Gasteiger partial charge in [0.1, 0.15) is 0 Å². The van der Waals surface area contributed by atoms with Crippen molar-refractivity contribution in [2.24, 2.45) is 0 Å². The normalized spacial score (nSPS) is 13.3. The Hall–Kier alpha value is -0.340. The molecule has 0 aliphatic carbocycles. The molecule has 0 aromatic rings. The largest absolute Gasteiger partial charge is 0.314 e. The van der Waals surface area contributed by atoms with E-state index < -0.39 is 0 Å². The summed E-state index contributed by atoms with van der Waals surface area (Å²) in [6.45, 7) is 8.17. The SMILES string of the molecule is C=CCC(C)NCCCN(C)C. The van der Waals surface area contributed by atoms with Gasteiger partial charge in [0.15, 0.2) is 0 Å². The first-order chi connectivity index (χ1) is 5.66. The van der Waals surface area contributed by atoms with Crippen LogP contribution in [0.15, 0.2) is 12.7 Å². The van der Waals surface area contributed by atoms with Crippen molar-refractivity contribution < 1.29 is 0 Å².